The molecular weight excluding hydrogens is 266 g/mol. The van der Waals surface area contributed by atoms with Crippen LogP contribution >= 0.6 is 0 Å². The third-order valence-electron chi connectivity index (χ3n) is 3.29. The second-order valence-electron chi connectivity index (χ2n) is 4.71. The molecule has 2 aromatic carbocycles. The molecule has 3 rings (SSSR count). The SMILES string of the molecule is O=C1CCN(c2ccccc2)N1C(=O)Nc1ccccc1. The van der Waals surface area contributed by atoms with E-state index in [2.05, 4.69) is 5.32 Å². The van der Waals surface area contributed by atoms with Gasteiger partial charge in [-0.15, -0.1) is 0 Å². The average molecular weight is 281 g/mol. The van der Waals surface area contributed by atoms with Gasteiger partial charge in [0.2, 0.25) is 0 Å². The van der Waals surface area contributed by atoms with Gasteiger partial charge in [0, 0.05) is 18.7 Å². The topological polar surface area (TPSA) is 52.7 Å². The van der Waals surface area contributed by atoms with Crippen LogP contribution in [0.2, 0.25) is 0 Å². The van der Waals surface area contributed by atoms with Crippen molar-refractivity contribution >= 4 is 23.3 Å². The summed E-state index contributed by atoms with van der Waals surface area (Å²) in [7, 11) is 0. The molecule has 0 aliphatic carbocycles. The number of benzene rings is 2. The number of urea groups is 1. The van der Waals surface area contributed by atoms with Gasteiger partial charge in [-0.2, -0.15) is 5.01 Å². The Bertz CT molecular complexity index is 643. The highest BCUT2D eigenvalue weighted by Crippen LogP contribution is 2.23. The fourth-order valence-corrected chi connectivity index (χ4v) is 2.31. The molecule has 1 saturated heterocycles. The molecule has 1 heterocycles. The fraction of sp³-hybridized carbons (Fsp3) is 0.125. The molecule has 1 aliphatic rings. The Morgan fingerprint density at radius 3 is 2.24 bits per heavy atom. The van der Waals surface area contributed by atoms with Crippen LogP contribution < -0.4 is 10.3 Å². The number of hydrogen-bond donors (Lipinski definition) is 1. The Morgan fingerprint density at radius 2 is 1.57 bits per heavy atom. The van der Waals surface area contributed by atoms with Gasteiger partial charge in [0.15, 0.2) is 0 Å². The summed E-state index contributed by atoms with van der Waals surface area (Å²) in [6.07, 6.45) is 0.330. The van der Waals surface area contributed by atoms with Crippen LogP contribution in [0.3, 0.4) is 0 Å². The summed E-state index contributed by atoms with van der Waals surface area (Å²) in [4.78, 5) is 24.4. The second kappa shape index (κ2) is 5.66. The zero-order valence-corrected chi connectivity index (χ0v) is 11.4. The van der Waals surface area contributed by atoms with Crippen LogP contribution in [0.15, 0.2) is 60.7 Å². The van der Waals surface area contributed by atoms with E-state index in [1.54, 1.807) is 17.1 Å². The van der Waals surface area contributed by atoms with Crippen molar-refractivity contribution in [1.82, 2.24) is 5.01 Å². The molecule has 0 unspecified atom stereocenters. The van der Waals surface area contributed by atoms with E-state index in [-0.39, 0.29) is 5.91 Å². The number of carbonyl (C=O) groups excluding carboxylic acids is 2. The summed E-state index contributed by atoms with van der Waals surface area (Å²) < 4.78 is 0. The molecular formula is C16H15N3O2. The highest BCUT2D eigenvalue weighted by Gasteiger charge is 2.34. The Morgan fingerprint density at radius 1 is 0.952 bits per heavy atom. The van der Waals surface area contributed by atoms with Gasteiger partial charge in [-0.1, -0.05) is 36.4 Å². The number of hydrogen-bond acceptors (Lipinski definition) is 3. The number of carbonyl (C=O) groups is 2. The molecule has 2 aromatic rings. The molecule has 21 heavy (non-hydrogen) atoms. The van der Waals surface area contributed by atoms with Crippen molar-refractivity contribution < 1.29 is 9.59 Å². The minimum atomic E-state index is -0.437. The van der Waals surface area contributed by atoms with Crippen molar-refractivity contribution in [3.05, 3.63) is 60.7 Å². The van der Waals surface area contributed by atoms with Crippen molar-refractivity contribution in [2.45, 2.75) is 6.42 Å². The largest absolute Gasteiger partial charge is 0.347 e. The van der Waals surface area contributed by atoms with Gasteiger partial charge >= 0.3 is 6.03 Å². The van der Waals surface area contributed by atoms with E-state index in [0.29, 0.717) is 18.7 Å². The highest BCUT2D eigenvalue weighted by atomic mass is 16.2. The monoisotopic (exact) mass is 281 g/mol. The molecule has 0 saturated carbocycles. The fourth-order valence-electron chi connectivity index (χ4n) is 2.31. The molecule has 3 amide bonds. The molecule has 5 nitrogen and oxygen atoms in total. The van der Waals surface area contributed by atoms with Gasteiger partial charge in [-0.05, 0) is 24.3 Å². The van der Waals surface area contributed by atoms with Crippen LogP contribution in [-0.2, 0) is 4.79 Å². The van der Waals surface area contributed by atoms with Crippen molar-refractivity contribution in [2.75, 3.05) is 16.9 Å². The second-order valence-corrected chi connectivity index (χ2v) is 4.71. The van der Waals surface area contributed by atoms with E-state index in [1.807, 2.05) is 48.5 Å². The zero-order chi connectivity index (χ0) is 14.7. The molecule has 0 radical (unpaired) electrons. The Labute approximate surface area is 122 Å². The van der Waals surface area contributed by atoms with Crippen LogP contribution in [0.1, 0.15) is 6.42 Å². The number of nitrogens with zero attached hydrogens (tertiary/aromatic N) is 2. The van der Waals surface area contributed by atoms with Crippen LogP contribution in [-0.4, -0.2) is 23.5 Å². The normalized spacial score (nSPS) is 14.4. The van der Waals surface area contributed by atoms with E-state index in [0.717, 1.165) is 5.69 Å². The summed E-state index contributed by atoms with van der Waals surface area (Å²) in [6, 6.07) is 18.1. The van der Waals surface area contributed by atoms with Crippen molar-refractivity contribution in [3.63, 3.8) is 0 Å². The maximum absolute atomic E-state index is 12.4. The lowest BCUT2D eigenvalue weighted by atomic mass is 10.3. The first kappa shape index (κ1) is 13.2. The van der Waals surface area contributed by atoms with Gasteiger partial charge in [0.1, 0.15) is 0 Å². The van der Waals surface area contributed by atoms with E-state index in [9.17, 15) is 9.59 Å². The smallest absolute Gasteiger partial charge is 0.306 e. The summed E-state index contributed by atoms with van der Waals surface area (Å²) in [5.41, 5.74) is 1.49. The first-order valence-corrected chi connectivity index (χ1v) is 6.77. The molecule has 0 atom stereocenters. The Balaban J connectivity index is 1.81. The highest BCUT2D eigenvalue weighted by molar-refractivity contribution is 6.04. The molecule has 1 fully saturated rings. The maximum atomic E-state index is 12.4. The summed E-state index contributed by atoms with van der Waals surface area (Å²) in [5, 5.41) is 5.60. The Kier molecular flexibility index (Phi) is 3.55. The molecule has 1 aliphatic heterocycles. The number of nitrogens with one attached hydrogen (secondary N) is 1. The summed E-state index contributed by atoms with van der Waals surface area (Å²) >= 11 is 0. The standard InChI is InChI=1S/C16H15N3O2/c20-15-11-12-18(14-9-5-2-6-10-14)19(15)16(21)17-13-7-3-1-4-8-13/h1-10H,11-12H2,(H,17,21). The predicted molar refractivity (Wildman–Crippen MR) is 80.7 cm³/mol. The van der Waals surface area contributed by atoms with Crippen LogP contribution in [0.5, 0.6) is 0 Å². The Hall–Kier alpha value is -2.82. The first-order chi connectivity index (χ1) is 10.3. The lowest BCUT2D eigenvalue weighted by Crippen LogP contribution is -2.46. The number of hydrazine groups is 1. The third-order valence-corrected chi connectivity index (χ3v) is 3.29. The number of rotatable bonds is 2. The lowest BCUT2D eigenvalue weighted by molar-refractivity contribution is -0.125. The minimum absolute atomic E-state index is 0.202. The van der Waals surface area contributed by atoms with Gasteiger partial charge < -0.3 is 5.32 Å². The number of imide groups is 1. The lowest BCUT2D eigenvalue weighted by Gasteiger charge is -2.27. The van der Waals surface area contributed by atoms with E-state index >= 15 is 0 Å². The maximum Gasteiger partial charge on any atom is 0.347 e. The average Bonchev–Trinajstić information content (AvgIpc) is 2.91. The van der Waals surface area contributed by atoms with Crippen molar-refractivity contribution in [1.29, 1.82) is 0 Å². The van der Waals surface area contributed by atoms with Crippen LogP contribution in [0.25, 0.3) is 0 Å². The van der Waals surface area contributed by atoms with Crippen molar-refractivity contribution in [3.8, 4) is 0 Å². The first-order valence-electron chi connectivity index (χ1n) is 6.77. The zero-order valence-electron chi connectivity index (χ0n) is 11.4. The summed E-state index contributed by atoms with van der Waals surface area (Å²) in [6.45, 7) is 0.505. The molecule has 0 aromatic heterocycles. The van der Waals surface area contributed by atoms with Gasteiger partial charge in [-0.25, -0.2) is 4.79 Å². The van der Waals surface area contributed by atoms with Crippen LogP contribution in [0, 0.1) is 0 Å². The quantitative estimate of drug-likeness (QED) is 0.921. The number of anilines is 2. The van der Waals surface area contributed by atoms with Crippen molar-refractivity contribution in [2.24, 2.45) is 0 Å². The molecule has 0 spiro atoms. The molecule has 0 bridgehead atoms. The number of para-hydroxylation sites is 2. The van der Waals surface area contributed by atoms with Crippen LogP contribution in [0.4, 0.5) is 16.2 Å². The van der Waals surface area contributed by atoms with E-state index in [4.69, 9.17) is 0 Å². The molecule has 1 N–H and O–H groups in total. The predicted octanol–water partition coefficient (Wildman–Crippen LogP) is 2.87. The third kappa shape index (κ3) is 2.72. The minimum Gasteiger partial charge on any atom is -0.306 e. The van der Waals surface area contributed by atoms with E-state index < -0.39 is 6.03 Å². The summed E-state index contributed by atoms with van der Waals surface area (Å²) in [5.74, 6) is -0.202. The molecule has 5 heteroatoms. The van der Waals surface area contributed by atoms with Gasteiger partial charge in [0.05, 0.1) is 5.69 Å². The van der Waals surface area contributed by atoms with Gasteiger partial charge in [0.25, 0.3) is 5.91 Å². The van der Waals surface area contributed by atoms with Gasteiger partial charge in [-0.3, -0.25) is 9.80 Å². The van der Waals surface area contributed by atoms with E-state index in [1.165, 1.54) is 5.01 Å². The number of amides is 3. The molecule has 106 valence electrons.